The Morgan fingerprint density at radius 3 is 2.00 bits per heavy atom. The molecule has 0 aliphatic rings. The molecule has 0 atom stereocenters. The maximum absolute atomic E-state index is 9.18. The van der Waals surface area contributed by atoms with Crippen LogP contribution in [0.25, 0.3) is 83.4 Å². The second-order valence-electron chi connectivity index (χ2n) is 18.6. The van der Waals surface area contributed by atoms with Gasteiger partial charge in [0.2, 0.25) is 0 Å². The molecule has 3 heterocycles. The summed E-state index contributed by atoms with van der Waals surface area (Å²) in [6, 6.07) is 42.6. The summed E-state index contributed by atoms with van der Waals surface area (Å²) in [5.41, 5.74) is 6.54. The van der Waals surface area contributed by atoms with Crippen LogP contribution in [-0.4, -0.2) is 22.2 Å². The zero-order chi connectivity index (χ0) is 54.6. The van der Waals surface area contributed by atoms with Gasteiger partial charge in [-0.05, 0) is 79.7 Å². The van der Waals surface area contributed by atoms with E-state index in [0.717, 1.165) is 44.3 Å². The number of nitrogens with zero attached hydrogens (tertiary/aromatic N) is 4. The smallest absolute Gasteiger partial charge is 0.268 e. The molecular formula is C61H50N4OPtSi-2. The molecule has 0 saturated heterocycles. The fourth-order valence-corrected chi connectivity index (χ4v) is 10.5. The fraction of sp³-hybridized carbons (Fsp3) is 0.115. The van der Waals surface area contributed by atoms with Crippen LogP contribution in [0.2, 0.25) is 19.6 Å². The number of para-hydroxylation sites is 2. The molecule has 0 N–H and O–H groups in total. The van der Waals surface area contributed by atoms with E-state index in [1.807, 2.05) is 79.0 Å². The molecule has 0 saturated carbocycles. The molecule has 0 aliphatic heterocycles. The summed E-state index contributed by atoms with van der Waals surface area (Å²) in [5.74, 6) is 1.54. The van der Waals surface area contributed by atoms with E-state index in [-0.39, 0.29) is 54.4 Å². The van der Waals surface area contributed by atoms with Crippen LogP contribution in [0.3, 0.4) is 0 Å². The van der Waals surface area contributed by atoms with Crippen LogP contribution in [0.15, 0.2) is 194 Å². The van der Waals surface area contributed by atoms with Crippen LogP contribution in [0.1, 0.15) is 40.0 Å². The van der Waals surface area contributed by atoms with Gasteiger partial charge in [0.25, 0.3) is 6.33 Å². The van der Waals surface area contributed by atoms with E-state index in [9.17, 15) is 5.48 Å². The van der Waals surface area contributed by atoms with Crippen molar-refractivity contribution in [3.05, 3.63) is 218 Å². The Morgan fingerprint density at radius 1 is 0.618 bits per heavy atom. The van der Waals surface area contributed by atoms with Crippen molar-refractivity contribution < 1.29 is 44.1 Å². The Labute approximate surface area is 428 Å². The topological polar surface area (TPSA) is 35.9 Å². The van der Waals surface area contributed by atoms with Crippen molar-refractivity contribution in [1.29, 1.82) is 0 Å². The van der Waals surface area contributed by atoms with E-state index in [1.54, 1.807) is 33.4 Å². The van der Waals surface area contributed by atoms with Gasteiger partial charge in [0.1, 0.15) is 5.82 Å². The number of pyridine rings is 1. The average Bonchev–Trinajstić information content (AvgIpc) is 4.14. The Bertz CT molecular complexity index is 4110. The standard InChI is InChI=1S/C61H50N4OSi.Pt/c1-61(2,3)45-35-36-62-59(38-45)65-54-29-15-13-26-52(54)53-33-32-48(40-56(53)65)66-47-24-17-23-46(39-47)63-41-64(55-34-31-44(37-57(55)63)49-25-14-16-30-58(49)67(4,5)6)60-50(42-19-9-7-10-20-42)27-18-28-51(60)43-21-11-8-12-22-43;/h7-38H,1-6H3;/q-2;/i7D,8D,9D,10D,11D,12D,19D,20D,21D,22D;. The van der Waals surface area contributed by atoms with E-state index in [2.05, 4.69) is 93.8 Å². The van der Waals surface area contributed by atoms with Gasteiger partial charge in [-0.1, -0.05) is 184 Å². The second-order valence-corrected chi connectivity index (χ2v) is 23.6. The maximum atomic E-state index is 9.18. The molecule has 0 bridgehead atoms. The van der Waals surface area contributed by atoms with E-state index in [4.69, 9.17) is 17.9 Å². The number of ether oxygens (including phenoxy) is 1. The van der Waals surface area contributed by atoms with Gasteiger partial charge in [-0.15, -0.1) is 29.7 Å². The summed E-state index contributed by atoms with van der Waals surface area (Å²) in [5, 5.41) is 3.26. The summed E-state index contributed by atoms with van der Waals surface area (Å²) >= 11 is 0. The quantitative estimate of drug-likeness (QED) is 0.0820. The number of hydrogen-bond acceptors (Lipinski definition) is 2. The molecule has 8 aromatic carbocycles. The molecule has 336 valence electrons. The fourth-order valence-electron chi connectivity index (χ4n) is 8.89. The van der Waals surface area contributed by atoms with E-state index < -0.39 is 68.5 Å². The molecule has 0 unspecified atom stereocenters. The van der Waals surface area contributed by atoms with Crippen molar-refractivity contribution in [2.75, 3.05) is 0 Å². The van der Waals surface area contributed by atoms with Gasteiger partial charge in [0, 0.05) is 44.3 Å². The third kappa shape index (κ3) is 8.22. The molecular weight excluding hydrogens is 1030 g/mol. The van der Waals surface area contributed by atoms with Crippen molar-refractivity contribution in [1.82, 2.24) is 14.1 Å². The molecule has 0 amide bonds. The maximum Gasteiger partial charge on any atom is 0.268 e. The van der Waals surface area contributed by atoms with Gasteiger partial charge < -0.3 is 13.9 Å². The molecule has 0 fully saturated rings. The minimum absolute atomic E-state index is 0. The molecule has 0 aliphatic carbocycles. The summed E-state index contributed by atoms with van der Waals surface area (Å²) in [7, 11) is -1.91. The Morgan fingerprint density at radius 2 is 1.28 bits per heavy atom. The van der Waals surface area contributed by atoms with E-state index >= 15 is 0 Å². The van der Waals surface area contributed by atoms with Gasteiger partial charge in [0.15, 0.2) is 0 Å². The van der Waals surface area contributed by atoms with Crippen molar-refractivity contribution in [2.24, 2.45) is 0 Å². The molecule has 3 aromatic heterocycles. The predicted molar refractivity (Wildman–Crippen MR) is 278 cm³/mol. The predicted octanol–water partition coefficient (Wildman–Crippen LogP) is 14.4. The third-order valence-corrected chi connectivity index (χ3v) is 14.2. The van der Waals surface area contributed by atoms with Crippen molar-refractivity contribution in [2.45, 2.75) is 45.8 Å². The first kappa shape index (κ1) is 34.2. The first-order valence-electron chi connectivity index (χ1n) is 27.1. The summed E-state index contributed by atoms with van der Waals surface area (Å²) in [6.07, 6.45) is 5.36. The average molecular weight is 1090 g/mol. The SMILES string of the molecule is [2H]c1c([2H])c([2H])c(-c2cccc(-c3c([2H])c([2H])c([2H])c([2H])c3[2H])c2-[n+]2[c-]n(-c3[c-]c(Oc4[c-]c5c(cc4)c4ccccc4n5-c4cc(C(C)(C)C)ccn4)ccc3)c3cc(-c4ccccc4[Si](C)(C)C)ccc32)c([2H])c1[2H].[Pt]. The van der Waals surface area contributed by atoms with Gasteiger partial charge in [-0.3, -0.25) is 4.57 Å². The Balaban J connectivity index is 0.00000688. The van der Waals surface area contributed by atoms with Crippen molar-refractivity contribution >= 4 is 46.1 Å². The molecule has 0 spiro atoms. The van der Waals surface area contributed by atoms with E-state index in [1.165, 1.54) is 5.19 Å². The Hall–Kier alpha value is -7.11. The summed E-state index contributed by atoms with van der Waals surface area (Å²) in [6.45, 7) is 13.4. The molecule has 11 aromatic rings. The van der Waals surface area contributed by atoms with Crippen LogP contribution in [0, 0.1) is 18.5 Å². The molecule has 11 rings (SSSR count). The number of aromatic nitrogens is 4. The van der Waals surface area contributed by atoms with Crippen LogP contribution >= 0.6 is 0 Å². The van der Waals surface area contributed by atoms with Gasteiger partial charge >= 0.3 is 0 Å². The first-order chi connectivity index (χ1) is 36.6. The molecule has 0 radical (unpaired) electrons. The third-order valence-electron chi connectivity index (χ3n) is 12.1. The van der Waals surface area contributed by atoms with Gasteiger partial charge in [-0.25, -0.2) is 4.98 Å². The largest absolute Gasteiger partial charge is 0.510 e. The number of rotatable bonds is 9. The summed E-state index contributed by atoms with van der Waals surface area (Å²) < 4.78 is 101. The number of benzene rings is 8. The van der Waals surface area contributed by atoms with Crippen molar-refractivity contribution in [3.63, 3.8) is 0 Å². The minimum atomic E-state index is -1.91. The van der Waals surface area contributed by atoms with E-state index in [0.29, 0.717) is 28.2 Å². The van der Waals surface area contributed by atoms with Crippen LogP contribution < -0.4 is 14.5 Å². The second kappa shape index (κ2) is 17.8. The van der Waals surface area contributed by atoms with Crippen LogP contribution in [0.5, 0.6) is 11.5 Å². The Kier molecular flexibility index (Phi) is 8.98. The number of imidazole rings is 1. The number of hydrogen-bond donors (Lipinski definition) is 0. The van der Waals surface area contributed by atoms with Crippen LogP contribution in [0.4, 0.5) is 0 Å². The van der Waals surface area contributed by atoms with Crippen LogP contribution in [-0.2, 0) is 26.5 Å². The minimum Gasteiger partial charge on any atom is -0.510 e. The molecule has 7 heteroatoms. The molecule has 5 nitrogen and oxygen atoms in total. The molecule has 68 heavy (non-hydrogen) atoms. The normalized spacial score (nSPS) is 13.9. The number of fused-ring (bicyclic) bond motifs is 4. The first-order valence-corrected chi connectivity index (χ1v) is 25.6. The zero-order valence-electron chi connectivity index (χ0n) is 48.2. The summed E-state index contributed by atoms with van der Waals surface area (Å²) in [4.78, 5) is 4.83. The van der Waals surface area contributed by atoms with Gasteiger partial charge in [0.05, 0.1) is 38.5 Å². The van der Waals surface area contributed by atoms with Gasteiger partial charge in [-0.2, -0.15) is 18.2 Å². The zero-order valence-corrected chi connectivity index (χ0v) is 41.5. The van der Waals surface area contributed by atoms with Crippen molar-refractivity contribution in [3.8, 4) is 62.1 Å². The monoisotopic (exact) mass is 1090 g/mol.